The SMILES string of the molecule is C[C@H](CC(=O)NC[C@H](c1cnn(C)c1)N(C)C)NC(=O)C1CCCC1. The maximum Gasteiger partial charge on any atom is 0.223 e. The molecule has 0 unspecified atom stereocenters. The largest absolute Gasteiger partial charge is 0.354 e. The minimum Gasteiger partial charge on any atom is -0.354 e. The number of likely N-dealkylation sites (N-methyl/N-ethyl adjacent to an activating group) is 1. The van der Waals surface area contributed by atoms with Crippen LogP contribution in [0.15, 0.2) is 12.4 Å². The summed E-state index contributed by atoms with van der Waals surface area (Å²) in [6.45, 7) is 2.40. The van der Waals surface area contributed by atoms with Gasteiger partial charge in [-0.2, -0.15) is 5.10 Å². The first kappa shape index (κ1) is 19.4. The van der Waals surface area contributed by atoms with Crippen LogP contribution in [-0.4, -0.2) is 53.2 Å². The minimum absolute atomic E-state index is 0.0463. The zero-order valence-electron chi connectivity index (χ0n) is 15.8. The van der Waals surface area contributed by atoms with Crippen molar-refractivity contribution in [2.45, 2.75) is 51.1 Å². The lowest BCUT2D eigenvalue weighted by atomic mass is 10.1. The van der Waals surface area contributed by atoms with E-state index in [0.717, 1.165) is 31.2 Å². The van der Waals surface area contributed by atoms with Crippen LogP contribution in [-0.2, 0) is 16.6 Å². The molecule has 2 N–H and O–H groups in total. The topological polar surface area (TPSA) is 79.3 Å². The highest BCUT2D eigenvalue weighted by Gasteiger charge is 2.24. The average Bonchev–Trinajstić information content (AvgIpc) is 3.18. The maximum absolute atomic E-state index is 12.2. The number of hydrogen-bond donors (Lipinski definition) is 2. The molecule has 2 amide bonds. The van der Waals surface area contributed by atoms with Crippen LogP contribution in [0.1, 0.15) is 50.6 Å². The van der Waals surface area contributed by atoms with E-state index in [4.69, 9.17) is 0 Å². The van der Waals surface area contributed by atoms with Crippen molar-refractivity contribution in [3.63, 3.8) is 0 Å². The van der Waals surface area contributed by atoms with Gasteiger partial charge < -0.3 is 15.5 Å². The molecule has 1 aromatic rings. The van der Waals surface area contributed by atoms with Gasteiger partial charge in [0.2, 0.25) is 11.8 Å². The van der Waals surface area contributed by atoms with Crippen molar-refractivity contribution in [1.82, 2.24) is 25.3 Å². The fraction of sp³-hybridized carbons (Fsp3) is 0.722. The third-order valence-electron chi connectivity index (χ3n) is 4.83. The molecule has 0 spiro atoms. The lowest BCUT2D eigenvalue weighted by Gasteiger charge is -2.24. The molecule has 1 aromatic heterocycles. The highest BCUT2D eigenvalue weighted by atomic mass is 16.2. The summed E-state index contributed by atoms with van der Waals surface area (Å²) >= 11 is 0. The fourth-order valence-corrected chi connectivity index (χ4v) is 3.37. The van der Waals surface area contributed by atoms with Crippen LogP contribution in [0.25, 0.3) is 0 Å². The number of nitrogens with zero attached hydrogens (tertiary/aromatic N) is 3. The Labute approximate surface area is 150 Å². The summed E-state index contributed by atoms with van der Waals surface area (Å²) in [6, 6.07) is -0.0784. The lowest BCUT2D eigenvalue weighted by Crippen LogP contribution is -2.41. The Bertz CT molecular complexity index is 578. The first-order valence-corrected chi connectivity index (χ1v) is 9.09. The fourth-order valence-electron chi connectivity index (χ4n) is 3.37. The first-order chi connectivity index (χ1) is 11.9. The van der Waals surface area contributed by atoms with Gasteiger partial charge in [0.15, 0.2) is 0 Å². The van der Waals surface area contributed by atoms with Gasteiger partial charge in [0.1, 0.15) is 0 Å². The number of hydrogen-bond acceptors (Lipinski definition) is 4. The van der Waals surface area contributed by atoms with E-state index in [1.807, 2.05) is 40.5 Å². The van der Waals surface area contributed by atoms with Crippen molar-refractivity contribution in [1.29, 1.82) is 0 Å². The second-order valence-electron chi connectivity index (χ2n) is 7.33. The average molecular weight is 349 g/mol. The van der Waals surface area contributed by atoms with Gasteiger partial charge in [-0.15, -0.1) is 0 Å². The summed E-state index contributed by atoms with van der Waals surface area (Å²) in [4.78, 5) is 26.4. The molecule has 7 heteroatoms. The van der Waals surface area contributed by atoms with Gasteiger partial charge in [-0.3, -0.25) is 14.3 Å². The number of amides is 2. The number of aromatic nitrogens is 2. The molecule has 0 saturated heterocycles. The van der Waals surface area contributed by atoms with Gasteiger partial charge in [-0.25, -0.2) is 0 Å². The summed E-state index contributed by atoms with van der Waals surface area (Å²) in [7, 11) is 5.84. The molecule has 0 aromatic carbocycles. The van der Waals surface area contributed by atoms with Crippen molar-refractivity contribution in [2.75, 3.05) is 20.6 Å². The predicted molar refractivity (Wildman–Crippen MR) is 96.8 cm³/mol. The number of carbonyl (C=O) groups excluding carboxylic acids is 2. The van der Waals surface area contributed by atoms with E-state index in [-0.39, 0.29) is 29.8 Å². The summed E-state index contributed by atoms with van der Waals surface area (Å²) < 4.78 is 1.76. The number of carbonyl (C=O) groups is 2. The van der Waals surface area contributed by atoms with E-state index in [9.17, 15) is 9.59 Å². The van der Waals surface area contributed by atoms with E-state index < -0.39 is 0 Å². The van der Waals surface area contributed by atoms with E-state index in [1.54, 1.807) is 4.68 Å². The second-order valence-corrected chi connectivity index (χ2v) is 7.33. The van der Waals surface area contributed by atoms with Gasteiger partial charge in [0.25, 0.3) is 0 Å². The quantitative estimate of drug-likeness (QED) is 0.740. The molecule has 2 atom stereocenters. The molecule has 1 aliphatic carbocycles. The van der Waals surface area contributed by atoms with Crippen molar-refractivity contribution in [3.05, 3.63) is 18.0 Å². The summed E-state index contributed by atoms with van der Waals surface area (Å²) in [5, 5.41) is 10.1. The Hall–Kier alpha value is -1.89. The lowest BCUT2D eigenvalue weighted by molar-refractivity contribution is -0.126. The molecule has 2 rings (SSSR count). The minimum atomic E-state index is -0.149. The van der Waals surface area contributed by atoms with Crippen LogP contribution < -0.4 is 10.6 Å². The monoisotopic (exact) mass is 349 g/mol. The Balaban J connectivity index is 1.77. The third kappa shape index (κ3) is 5.85. The van der Waals surface area contributed by atoms with Crippen LogP contribution in [0.5, 0.6) is 0 Å². The molecule has 0 radical (unpaired) electrons. The Morgan fingerprint density at radius 1 is 1.36 bits per heavy atom. The molecular weight excluding hydrogens is 318 g/mol. The van der Waals surface area contributed by atoms with Crippen LogP contribution in [0.3, 0.4) is 0 Å². The molecule has 1 heterocycles. The van der Waals surface area contributed by atoms with Crippen molar-refractivity contribution in [2.24, 2.45) is 13.0 Å². The van der Waals surface area contributed by atoms with Crippen LogP contribution in [0, 0.1) is 5.92 Å². The highest BCUT2D eigenvalue weighted by molar-refractivity contribution is 5.81. The molecule has 7 nitrogen and oxygen atoms in total. The van der Waals surface area contributed by atoms with Crippen molar-refractivity contribution in [3.8, 4) is 0 Å². The molecule has 1 aliphatic rings. The Kier molecular flexibility index (Phi) is 6.99. The van der Waals surface area contributed by atoms with Crippen LogP contribution >= 0.6 is 0 Å². The van der Waals surface area contributed by atoms with Crippen molar-refractivity contribution < 1.29 is 9.59 Å². The van der Waals surface area contributed by atoms with Crippen LogP contribution in [0.4, 0.5) is 0 Å². The molecule has 1 fully saturated rings. The highest BCUT2D eigenvalue weighted by Crippen LogP contribution is 2.24. The molecule has 0 bridgehead atoms. The second kappa shape index (κ2) is 8.99. The zero-order valence-corrected chi connectivity index (χ0v) is 15.8. The normalized spacial score (nSPS) is 17.5. The van der Waals surface area contributed by atoms with Crippen molar-refractivity contribution >= 4 is 11.8 Å². The van der Waals surface area contributed by atoms with Crippen LogP contribution in [0.2, 0.25) is 0 Å². The van der Waals surface area contributed by atoms with Gasteiger partial charge in [0, 0.05) is 43.7 Å². The molecule has 0 aliphatic heterocycles. The standard InChI is InChI=1S/C18H31N5O2/c1-13(21-18(25)14-7-5-6-8-14)9-17(24)19-11-16(22(2)3)15-10-20-23(4)12-15/h10,12-14,16H,5-9,11H2,1-4H3,(H,19,24)(H,21,25)/t13-,16-/m1/s1. The van der Waals surface area contributed by atoms with E-state index in [1.165, 1.54) is 0 Å². The maximum atomic E-state index is 12.2. The molecule has 25 heavy (non-hydrogen) atoms. The Morgan fingerprint density at radius 3 is 2.60 bits per heavy atom. The predicted octanol–water partition coefficient (Wildman–Crippen LogP) is 1.22. The van der Waals surface area contributed by atoms with Gasteiger partial charge in [-0.05, 0) is 33.9 Å². The van der Waals surface area contributed by atoms with Gasteiger partial charge >= 0.3 is 0 Å². The van der Waals surface area contributed by atoms with E-state index in [2.05, 4.69) is 20.6 Å². The molecular formula is C18H31N5O2. The third-order valence-corrected chi connectivity index (χ3v) is 4.83. The number of aryl methyl sites for hydroxylation is 1. The molecule has 1 saturated carbocycles. The zero-order chi connectivity index (χ0) is 18.4. The van der Waals surface area contributed by atoms with E-state index >= 15 is 0 Å². The smallest absolute Gasteiger partial charge is 0.223 e. The summed E-state index contributed by atoms with van der Waals surface area (Å²) in [6.07, 6.45) is 8.29. The van der Waals surface area contributed by atoms with E-state index in [0.29, 0.717) is 13.0 Å². The van der Waals surface area contributed by atoms with Gasteiger partial charge in [0.05, 0.1) is 12.2 Å². The summed E-state index contributed by atoms with van der Waals surface area (Å²) in [5.41, 5.74) is 1.07. The number of rotatable bonds is 8. The van der Waals surface area contributed by atoms with Gasteiger partial charge in [-0.1, -0.05) is 12.8 Å². The molecule has 140 valence electrons. The summed E-state index contributed by atoms with van der Waals surface area (Å²) in [5.74, 6) is 0.184. The first-order valence-electron chi connectivity index (χ1n) is 9.09. The Morgan fingerprint density at radius 2 is 2.04 bits per heavy atom. The number of nitrogens with one attached hydrogen (secondary N) is 2.